The Morgan fingerprint density at radius 3 is 2.77 bits per heavy atom. The zero-order valence-corrected chi connectivity index (χ0v) is 6.57. The summed E-state index contributed by atoms with van der Waals surface area (Å²) in [5.41, 5.74) is 0.160. The number of hydrogen-bond acceptors (Lipinski definition) is 3. The maximum atomic E-state index is 13.1. The van der Waals surface area contributed by atoms with Crippen LogP contribution in [0.4, 0.5) is 10.1 Å². The minimum Gasteiger partial charge on any atom is -0.368 e. The molecule has 1 aromatic carbocycles. The van der Waals surface area contributed by atoms with Crippen LogP contribution in [0.2, 0.25) is 0 Å². The van der Waals surface area contributed by atoms with Crippen molar-refractivity contribution in [2.24, 2.45) is 0 Å². The summed E-state index contributed by atoms with van der Waals surface area (Å²) in [6.45, 7) is 0.495. The summed E-state index contributed by atoms with van der Waals surface area (Å²) in [6.07, 6.45) is -0.208. The fraction of sp³-hybridized carbons (Fsp3) is 0.250. The molecule has 1 aliphatic heterocycles. The van der Waals surface area contributed by atoms with Crippen molar-refractivity contribution in [3.8, 4) is 0 Å². The van der Waals surface area contributed by atoms with E-state index in [1.54, 1.807) is 0 Å². The standard InChI is InChI=1S/C8H6FNO3/c9-7-3-5(10(11)12)1-2-6(7)8-4-13-8/h1-3,8H,4H2/t8-/m0/s1. The van der Waals surface area contributed by atoms with Gasteiger partial charge >= 0.3 is 0 Å². The molecule has 13 heavy (non-hydrogen) atoms. The first kappa shape index (κ1) is 8.12. The number of ether oxygens (including phenoxy) is 1. The second-order valence-electron chi connectivity index (χ2n) is 2.78. The molecule has 1 heterocycles. The van der Waals surface area contributed by atoms with Crippen molar-refractivity contribution >= 4 is 5.69 Å². The van der Waals surface area contributed by atoms with E-state index >= 15 is 0 Å². The third-order valence-corrected chi connectivity index (χ3v) is 1.88. The second-order valence-corrected chi connectivity index (χ2v) is 2.78. The normalized spacial score (nSPS) is 19.9. The SMILES string of the molecule is O=[N+]([O-])c1ccc([C@@H]2CO2)c(F)c1. The third-order valence-electron chi connectivity index (χ3n) is 1.88. The molecule has 0 radical (unpaired) electrons. The Morgan fingerprint density at radius 2 is 2.31 bits per heavy atom. The van der Waals surface area contributed by atoms with Gasteiger partial charge in [0.15, 0.2) is 0 Å². The highest BCUT2D eigenvalue weighted by Crippen LogP contribution is 2.32. The van der Waals surface area contributed by atoms with E-state index in [1.165, 1.54) is 12.1 Å². The molecule has 0 bridgehead atoms. The van der Waals surface area contributed by atoms with Crippen LogP contribution >= 0.6 is 0 Å². The van der Waals surface area contributed by atoms with E-state index in [2.05, 4.69) is 0 Å². The molecular weight excluding hydrogens is 177 g/mol. The van der Waals surface area contributed by atoms with Gasteiger partial charge in [-0.15, -0.1) is 0 Å². The van der Waals surface area contributed by atoms with Gasteiger partial charge in [-0.2, -0.15) is 0 Å². The Balaban J connectivity index is 2.36. The number of nitro groups is 1. The van der Waals surface area contributed by atoms with Gasteiger partial charge in [-0.3, -0.25) is 10.1 Å². The van der Waals surface area contributed by atoms with E-state index in [0.717, 1.165) is 6.07 Å². The minimum absolute atomic E-state index is 0.208. The summed E-state index contributed by atoms with van der Waals surface area (Å²) in [7, 11) is 0. The predicted octanol–water partition coefficient (Wildman–Crippen LogP) is 1.81. The molecule has 4 nitrogen and oxygen atoms in total. The smallest absolute Gasteiger partial charge is 0.272 e. The number of benzene rings is 1. The predicted molar refractivity (Wildman–Crippen MR) is 41.7 cm³/mol. The molecule has 0 amide bonds. The van der Waals surface area contributed by atoms with Crippen LogP contribution in [0.25, 0.3) is 0 Å². The third kappa shape index (κ3) is 1.50. The zero-order valence-electron chi connectivity index (χ0n) is 6.57. The fourth-order valence-corrected chi connectivity index (χ4v) is 1.12. The maximum absolute atomic E-state index is 13.1. The lowest BCUT2D eigenvalue weighted by Crippen LogP contribution is -1.92. The topological polar surface area (TPSA) is 55.7 Å². The van der Waals surface area contributed by atoms with Gasteiger partial charge in [0.25, 0.3) is 5.69 Å². The molecule has 0 spiro atoms. The van der Waals surface area contributed by atoms with E-state index in [0.29, 0.717) is 12.2 Å². The molecule has 0 saturated carbocycles. The molecule has 1 aliphatic rings. The van der Waals surface area contributed by atoms with Gasteiger partial charge in [0.2, 0.25) is 0 Å². The summed E-state index contributed by atoms with van der Waals surface area (Å²) in [5, 5.41) is 10.3. The Hall–Kier alpha value is -1.49. The maximum Gasteiger partial charge on any atom is 0.272 e. The van der Waals surface area contributed by atoms with Gasteiger partial charge in [0.05, 0.1) is 17.6 Å². The molecule has 0 aliphatic carbocycles. The summed E-state index contributed by atoms with van der Waals surface area (Å²) in [4.78, 5) is 9.63. The largest absolute Gasteiger partial charge is 0.368 e. The number of epoxide rings is 1. The van der Waals surface area contributed by atoms with Crippen LogP contribution in [0.1, 0.15) is 11.7 Å². The Kier molecular flexibility index (Phi) is 1.73. The van der Waals surface area contributed by atoms with Gasteiger partial charge < -0.3 is 4.74 Å². The number of nitrogens with zero attached hydrogens (tertiary/aromatic N) is 1. The minimum atomic E-state index is -0.624. The number of rotatable bonds is 2. The highest BCUT2D eigenvalue weighted by molar-refractivity contribution is 5.36. The van der Waals surface area contributed by atoms with Crippen LogP contribution in [0.3, 0.4) is 0 Å². The first-order valence-corrected chi connectivity index (χ1v) is 3.74. The monoisotopic (exact) mass is 183 g/mol. The van der Waals surface area contributed by atoms with Gasteiger partial charge in [-0.05, 0) is 6.07 Å². The summed E-state index contributed by atoms with van der Waals surface area (Å²) in [5.74, 6) is -0.572. The molecule has 0 N–H and O–H groups in total. The van der Waals surface area contributed by atoms with Crippen molar-refractivity contribution in [1.82, 2.24) is 0 Å². The fourth-order valence-electron chi connectivity index (χ4n) is 1.12. The molecular formula is C8H6FNO3. The number of halogens is 1. The molecule has 0 unspecified atom stereocenters. The number of nitro benzene ring substituents is 1. The molecule has 1 atom stereocenters. The molecule has 5 heteroatoms. The second kappa shape index (κ2) is 2.77. The molecule has 1 aromatic rings. The highest BCUT2D eigenvalue weighted by Gasteiger charge is 2.28. The summed E-state index contributed by atoms with van der Waals surface area (Å²) >= 11 is 0. The van der Waals surface area contributed by atoms with Gasteiger partial charge in [-0.25, -0.2) is 4.39 Å². The van der Waals surface area contributed by atoms with E-state index in [9.17, 15) is 14.5 Å². The Bertz CT molecular complexity index is 362. The van der Waals surface area contributed by atoms with Gasteiger partial charge in [0, 0.05) is 11.6 Å². The van der Waals surface area contributed by atoms with Crippen LogP contribution in [0.15, 0.2) is 18.2 Å². The van der Waals surface area contributed by atoms with Crippen molar-refractivity contribution < 1.29 is 14.1 Å². The van der Waals surface area contributed by atoms with E-state index < -0.39 is 10.7 Å². The summed E-state index contributed by atoms with van der Waals surface area (Å²) < 4.78 is 18.0. The van der Waals surface area contributed by atoms with Crippen molar-refractivity contribution in [2.75, 3.05) is 6.61 Å². The summed E-state index contributed by atoms with van der Waals surface area (Å²) in [6, 6.07) is 3.59. The molecule has 68 valence electrons. The van der Waals surface area contributed by atoms with Gasteiger partial charge in [-0.1, -0.05) is 0 Å². The number of non-ortho nitro benzene ring substituents is 1. The van der Waals surface area contributed by atoms with Gasteiger partial charge in [0.1, 0.15) is 11.9 Å². The number of hydrogen-bond donors (Lipinski definition) is 0. The van der Waals surface area contributed by atoms with E-state index in [4.69, 9.17) is 4.74 Å². The lowest BCUT2D eigenvalue weighted by atomic mass is 10.1. The van der Waals surface area contributed by atoms with E-state index in [1.807, 2.05) is 0 Å². The quantitative estimate of drug-likeness (QED) is 0.399. The van der Waals surface area contributed by atoms with Crippen LogP contribution in [-0.2, 0) is 4.74 Å². The first-order chi connectivity index (χ1) is 6.18. The average molecular weight is 183 g/mol. The average Bonchev–Trinajstić information content (AvgIpc) is 2.87. The molecule has 0 aromatic heterocycles. The molecule has 1 fully saturated rings. The van der Waals surface area contributed by atoms with Crippen LogP contribution < -0.4 is 0 Å². The highest BCUT2D eigenvalue weighted by atomic mass is 19.1. The lowest BCUT2D eigenvalue weighted by Gasteiger charge is -1.97. The van der Waals surface area contributed by atoms with Crippen LogP contribution in [0.5, 0.6) is 0 Å². The van der Waals surface area contributed by atoms with E-state index in [-0.39, 0.29) is 11.8 Å². The Morgan fingerprint density at radius 1 is 1.62 bits per heavy atom. The van der Waals surface area contributed by atoms with Crippen molar-refractivity contribution in [2.45, 2.75) is 6.10 Å². The Labute approximate surface area is 73.1 Å². The van der Waals surface area contributed by atoms with Crippen molar-refractivity contribution in [1.29, 1.82) is 0 Å². The van der Waals surface area contributed by atoms with Crippen molar-refractivity contribution in [3.63, 3.8) is 0 Å². The lowest BCUT2D eigenvalue weighted by molar-refractivity contribution is -0.385. The first-order valence-electron chi connectivity index (χ1n) is 3.74. The molecule has 2 rings (SSSR count). The van der Waals surface area contributed by atoms with Crippen LogP contribution in [-0.4, -0.2) is 11.5 Å². The molecule has 1 saturated heterocycles. The zero-order chi connectivity index (χ0) is 9.42. The van der Waals surface area contributed by atoms with Crippen LogP contribution in [0, 0.1) is 15.9 Å². The van der Waals surface area contributed by atoms with Crippen molar-refractivity contribution in [3.05, 3.63) is 39.7 Å².